The third kappa shape index (κ3) is 4.73. The Hall–Kier alpha value is -3.72. The number of furan rings is 1. The lowest BCUT2D eigenvalue weighted by atomic mass is 10.1. The van der Waals surface area contributed by atoms with Crippen molar-refractivity contribution in [3.05, 3.63) is 70.0 Å². The van der Waals surface area contributed by atoms with Gasteiger partial charge in [0.25, 0.3) is 17.1 Å². The molecule has 0 aliphatic carbocycles. The minimum absolute atomic E-state index is 0.109. The van der Waals surface area contributed by atoms with Crippen LogP contribution in [0.5, 0.6) is 0 Å². The molecule has 0 aliphatic rings. The predicted molar refractivity (Wildman–Crippen MR) is 124 cm³/mol. The maximum atomic E-state index is 13.3. The van der Waals surface area contributed by atoms with E-state index in [9.17, 15) is 9.59 Å². The normalized spacial score (nSPS) is 11.5. The maximum Gasteiger partial charge on any atom is 0.278 e. The molecule has 9 nitrogen and oxygen atoms in total. The third-order valence-corrected chi connectivity index (χ3v) is 5.32. The summed E-state index contributed by atoms with van der Waals surface area (Å²) in [6.07, 6.45) is 4.03. The molecule has 172 valence electrons. The Labute approximate surface area is 190 Å². The van der Waals surface area contributed by atoms with Gasteiger partial charge in [-0.1, -0.05) is 11.1 Å². The fourth-order valence-electron chi connectivity index (χ4n) is 3.68. The van der Waals surface area contributed by atoms with Gasteiger partial charge >= 0.3 is 0 Å². The summed E-state index contributed by atoms with van der Waals surface area (Å²) in [4.78, 5) is 31.0. The number of nitrogen functional groups attached to an aromatic ring is 1. The summed E-state index contributed by atoms with van der Waals surface area (Å²) in [5.41, 5.74) is 8.28. The lowest BCUT2D eigenvalue weighted by Crippen LogP contribution is -2.43. The molecule has 4 heterocycles. The second-order valence-electron chi connectivity index (χ2n) is 8.22. The summed E-state index contributed by atoms with van der Waals surface area (Å²) in [5, 5.41) is 3.12. The van der Waals surface area contributed by atoms with Crippen LogP contribution in [0.3, 0.4) is 0 Å². The van der Waals surface area contributed by atoms with Crippen LogP contribution in [0.4, 0.5) is 5.82 Å². The van der Waals surface area contributed by atoms with Crippen molar-refractivity contribution in [1.82, 2.24) is 14.7 Å². The zero-order chi connectivity index (χ0) is 23.5. The van der Waals surface area contributed by atoms with Crippen molar-refractivity contribution in [2.75, 3.05) is 12.3 Å². The molecular formula is C24H28N5O4+. The molecule has 0 aliphatic heterocycles. The van der Waals surface area contributed by atoms with Gasteiger partial charge in [-0.05, 0) is 50.6 Å². The van der Waals surface area contributed by atoms with Gasteiger partial charge in [-0.15, -0.1) is 0 Å². The topological polar surface area (TPSA) is 116 Å². The average Bonchev–Trinajstić information content (AvgIpc) is 3.30. The number of nitrogens with zero attached hydrogens (tertiary/aromatic N) is 3. The Bertz CT molecular complexity index is 1360. The molecule has 4 aromatic rings. The van der Waals surface area contributed by atoms with Crippen LogP contribution in [0.1, 0.15) is 41.9 Å². The van der Waals surface area contributed by atoms with Gasteiger partial charge in [0.15, 0.2) is 0 Å². The van der Waals surface area contributed by atoms with E-state index in [2.05, 4.69) is 5.32 Å². The van der Waals surface area contributed by atoms with Gasteiger partial charge < -0.3 is 20.2 Å². The first-order chi connectivity index (χ1) is 15.8. The highest BCUT2D eigenvalue weighted by molar-refractivity contribution is 6.00. The Morgan fingerprint density at radius 1 is 1.33 bits per heavy atom. The number of fused-ring (bicyclic) bond motifs is 2. The van der Waals surface area contributed by atoms with E-state index in [1.165, 1.54) is 10.5 Å². The molecule has 33 heavy (non-hydrogen) atoms. The number of aryl methyl sites for hydroxylation is 2. The van der Waals surface area contributed by atoms with Gasteiger partial charge in [0.2, 0.25) is 11.5 Å². The molecule has 0 saturated carbocycles. The number of ether oxygens (including phenoxy) is 1. The number of carbonyl (C=O) groups is 1. The maximum absolute atomic E-state index is 13.3. The highest BCUT2D eigenvalue weighted by atomic mass is 16.5. The van der Waals surface area contributed by atoms with Gasteiger partial charge in [0, 0.05) is 19.2 Å². The molecular weight excluding hydrogens is 422 g/mol. The summed E-state index contributed by atoms with van der Waals surface area (Å²) >= 11 is 0. The van der Waals surface area contributed by atoms with Crippen LogP contribution in [0.2, 0.25) is 0 Å². The summed E-state index contributed by atoms with van der Waals surface area (Å²) in [5.74, 6) is 0.462. The molecule has 0 saturated heterocycles. The van der Waals surface area contributed by atoms with Crippen molar-refractivity contribution in [3.8, 4) is 0 Å². The molecule has 0 spiro atoms. The summed E-state index contributed by atoms with van der Waals surface area (Å²) in [6.45, 7) is 7.02. The highest BCUT2D eigenvalue weighted by Gasteiger charge is 2.24. The van der Waals surface area contributed by atoms with Crippen LogP contribution in [0.15, 0.2) is 52.0 Å². The smallest absolute Gasteiger partial charge is 0.278 e. The van der Waals surface area contributed by atoms with E-state index in [1.54, 1.807) is 35.2 Å². The number of hydrogen-bond donors (Lipinski definition) is 2. The summed E-state index contributed by atoms with van der Waals surface area (Å²) in [7, 11) is 0. The van der Waals surface area contributed by atoms with Crippen molar-refractivity contribution in [1.29, 1.82) is 0 Å². The van der Waals surface area contributed by atoms with Gasteiger partial charge in [-0.2, -0.15) is 0 Å². The first-order valence-electron chi connectivity index (χ1n) is 10.9. The van der Waals surface area contributed by atoms with Crippen molar-refractivity contribution >= 4 is 28.4 Å². The van der Waals surface area contributed by atoms with E-state index in [1.807, 2.05) is 26.8 Å². The Kier molecular flexibility index (Phi) is 6.41. The minimum atomic E-state index is -0.397. The zero-order valence-corrected chi connectivity index (χ0v) is 19.0. The average molecular weight is 451 g/mol. The second-order valence-corrected chi connectivity index (χ2v) is 8.22. The number of nitrogens with one attached hydrogen (secondary N) is 1. The molecule has 0 radical (unpaired) electrons. The van der Waals surface area contributed by atoms with Gasteiger partial charge in [-0.25, -0.2) is 4.57 Å². The molecule has 0 unspecified atom stereocenters. The van der Waals surface area contributed by atoms with E-state index in [-0.39, 0.29) is 29.6 Å². The molecule has 0 bridgehead atoms. The van der Waals surface area contributed by atoms with Crippen molar-refractivity contribution in [2.24, 2.45) is 0 Å². The van der Waals surface area contributed by atoms with E-state index >= 15 is 0 Å². The van der Waals surface area contributed by atoms with Gasteiger partial charge in [0.05, 0.1) is 25.5 Å². The molecule has 0 fully saturated rings. The van der Waals surface area contributed by atoms with Gasteiger partial charge in [-0.3, -0.25) is 14.0 Å². The Balaban J connectivity index is 1.80. The van der Waals surface area contributed by atoms with Crippen LogP contribution in [-0.2, 0) is 17.8 Å². The number of pyridine rings is 2. The van der Waals surface area contributed by atoms with Gasteiger partial charge in [0.1, 0.15) is 16.7 Å². The fourth-order valence-corrected chi connectivity index (χ4v) is 3.68. The molecule has 0 aromatic carbocycles. The van der Waals surface area contributed by atoms with E-state index in [0.717, 1.165) is 5.56 Å². The zero-order valence-electron chi connectivity index (χ0n) is 19.0. The molecule has 0 atom stereocenters. The molecule has 4 aromatic heterocycles. The number of anilines is 1. The monoisotopic (exact) mass is 450 g/mol. The lowest BCUT2D eigenvalue weighted by Gasteiger charge is -2.13. The quantitative estimate of drug-likeness (QED) is 0.242. The number of hydrogen-bond acceptors (Lipinski definition) is 6. The largest absolute Gasteiger partial charge is 0.467 e. The van der Waals surface area contributed by atoms with Crippen LogP contribution in [0.25, 0.3) is 16.7 Å². The number of amides is 1. The standard InChI is InChI=1S/C24H27N5O4/c1-15(2)32-11-5-9-28-21(25)18(23(30)26-13-17-6-4-10-33-17)12-19-22(28)27-20-8-7-16(3)14-29(20)24(19)31/h4,6-8,10,12,14-15,25H,5,9,11,13H2,1-3H3,(H,26,30)/p+1. The number of nitrogens with two attached hydrogens (primary N) is 1. The number of aromatic nitrogens is 3. The van der Waals surface area contributed by atoms with Crippen LogP contribution in [-0.4, -0.2) is 28.0 Å². The Morgan fingerprint density at radius 3 is 2.88 bits per heavy atom. The first-order valence-corrected chi connectivity index (χ1v) is 10.9. The molecule has 3 N–H and O–H groups in total. The molecule has 1 amide bonds. The predicted octanol–water partition coefficient (Wildman–Crippen LogP) is 2.36. The van der Waals surface area contributed by atoms with Crippen molar-refractivity contribution in [3.63, 3.8) is 0 Å². The third-order valence-electron chi connectivity index (χ3n) is 5.32. The van der Waals surface area contributed by atoms with E-state index in [0.29, 0.717) is 42.0 Å². The fraction of sp³-hybridized carbons (Fsp3) is 0.333. The Morgan fingerprint density at radius 2 is 2.15 bits per heavy atom. The summed E-state index contributed by atoms with van der Waals surface area (Å²) in [6, 6.07) is 8.73. The molecule has 9 heteroatoms. The number of rotatable bonds is 8. The SMILES string of the molecule is Cc1ccc2nc3c(cc(C(=O)NCc4ccco4)c(N)[n+]3CCCOC(C)C)c(=O)n2c1. The second kappa shape index (κ2) is 9.41. The van der Waals surface area contributed by atoms with Crippen LogP contribution in [0, 0.1) is 6.92 Å². The molecule has 4 rings (SSSR count). The highest BCUT2D eigenvalue weighted by Crippen LogP contribution is 2.16. The summed E-state index contributed by atoms with van der Waals surface area (Å²) < 4.78 is 14.1. The van der Waals surface area contributed by atoms with Crippen LogP contribution < -0.4 is 21.2 Å². The van der Waals surface area contributed by atoms with E-state index < -0.39 is 5.91 Å². The van der Waals surface area contributed by atoms with Crippen molar-refractivity contribution < 1.29 is 18.5 Å². The van der Waals surface area contributed by atoms with Crippen molar-refractivity contribution in [2.45, 2.75) is 46.4 Å². The first kappa shape index (κ1) is 22.5. The minimum Gasteiger partial charge on any atom is -0.467 e. The van der Waals surface area contributed by atoms with Crippen LogP contribution >= 0.6 is 0 Å². The van der Waals surface area contributed by atoms with E-state index in [4.69, 9.17) is 19.9 Å². The number of carbonyl (C=O) groups excluding carboxylic acids is 1. The lowest BCUT2D eigenvalue weighted by molar-refractivity contribution is -0.659.